The van der Waals surface area contributed by atoms with E-state index in [2.05, 4.69) is 5.32 Å². The van der Waals surface area contributed by atoms with Gasteiger partial charge in [-0.05, 0) is 30.4 Å². The second kappa shape index (κ2) is 6.71. The molecule has 1 aromatic carbocycles. The van der Waals surface area contributed by atoms with E-state index in [0.29, 0.717) is 12.3 Å². The zero-order valence-electron chi connectivity index (χ0n) is 13.5. The lowest BCUT2D eigenvalue weighted by atomic mass is 10.0. The number of fused-ring (bicyclic) bond motifs is 1. The number of hydrogen-bond donors (Lipinski definition) is 2. The van der Waals surface area contributed by atoms with Gasteiger partial charge in [-0.2, -0.15) is 0 Å². The molecule has 0 bridgehead atoms. The molecule has 23 heavy (non-hydrogen) atoms. The molecular formula is C18H24N2O3. The van der Waals surface area contributed by atoms with Gasteiger partial charge in [-0.15, -0.1) is 0 Å². The van der Waals surface area contributed by atoms with Gasteiger partial charge in [0.2, 0.25) is 11.8 Å². The van der Waals surface area contributed by atoms with Crippen LogP contribution in [0.1, 0.15) is 38.2 Å². The Bertz CT molecular complexity index is 596. The van der Waals surface area contributed by atoms with E-state index >= 15 is 0 Å². The summed E-state index contributed by atoms with van der Waals surface area (Å²) in [6.45, 7) is 1.75. The van der Waals surface area contributed by atoms with Gasteiger partial charge in [-0.1, -0.05) is 31.0 Å². The van der Waals surface area contributed by atoms with Crippen molar-refractivity contribution in [3.63, 3.8) is 0 Å². The van der Waals surface area contributed by atoms with E-state index in [9.17, 15) is 14.7 Å². The molecule has 1 heterocycles. The molecule has 2 amide bonds. The molecule has 2 N–H and O–H groups in total. The van der Waals surface area contributed by atoms with Gasteiger partial charge in [-0.25, -0.2) is 0 Å². The first-order valence-electron chi connectivity index (χ1n) is 8.41. The van der Waals surface area contributed by atoms with E-state index in [1.165, 1.54) is 6.92 Å². The summed E-state index contributed by atoms with van der Waals surface area (Å²) in [6.07, 6.45) is 4.42. The monoisotopic (exact) mass is 316 g/mol. The second-order valence-electron chi connectivity index (χ2n) is 6.59. The van der Waals surface area contributed by atoms with Gasteiger partial charge in [0.05, 0.1) is 6.10 Å². The van der Waals surface area contributed by atoms with Crippen molar-refractivity contribution < 1.29 is 14.7 Å². The van der Waals surface area contributed by atoms with Gasteiger partial charge in [0.15, 0.2) is 0 Å². The summed E-state index contributed by atoms with van der Waals surface area (Å²) < 4.78 is 0. The third-order valence-corrected chi connectivity index (χ3v) is 5.05. The number of aliphatic hydroxyl groups excluding tert-OH is 1. The summed E-state index contributed by atoms with van der Waals surface area (Å²) in [6, 6.07) is 7.10. The van der Waals surface area contributed by atoms with Gasteiger partial charge >= 0.3 is 0 Å². The normalized spacial score (nSPS) is 22.0. The Balaban J connectivity index is 1.64. The fourth-order valence-electron chi connectivity index (χ4n) is 3.82. The highest BCUT2D eigenvalue weighted by atomic mass is 16.3. The Morgan fingerprint density at radius 2 is 2.00 bits per heavy atom. The molecule has 2 atom stereocenters. The Morgan fingerprint density at radius 3 is 2.70 bits per heavy atom. The Labute approximate surface area is 136 Å². The van der Waals surface area contributed by atoms with E-state index in [-0.39, 0.29) is 18.4 Å². The summed E-state index contributed by atoms with van der Waals surface area (Å²) in [4.78, 5) is 26.1. The first kappa shape index (κ1) is 16.0. The molecule has 1 fully saturated rings. The van der Waals surface area contributed by atoms with Crippen LogP contribution in [-0.4, -0.2) is 35.6 Å². The standard InChI is InChI=1S/C18H24N2O3/c1-12(21)20-15-9-5-4-8-14(15)10-16(20)18(23)19-11-17(22)13-6-2-3-7-13/h4-5,8-9,13,16-17,22H,2-3,6-7,10-11H2,1H3,(H,19,23)/t16-,17?/m0/s1. The van der Waals surface area contributed by atoms with Gasteiger partial charge < -0.3 is 10.4 Å². The number of rotatable bonds is 4. The number of nitrogens with one attached hydrogen (secondary N) is 1. The highest BCUT2D eigenvalue weighted by molar-refractivity contribution is 6.02. The molecule has 5 heteroatoms. The molecule has 3 rings (SSSR count). The van der Waals surface area contributed by atoms with Crippen LogP contribution in [0, 0.1) is 5.92 Å². The lowest BCUT2D eigenvalue weighted by molar-refractivity contribution is -0.126. The molecule has 1 unspecified atom stereocenters. The molecule has 0 aromatic heterocycles. The van der Waals surface area contributed by atoms with Crippen molar-refractivity contribution in [2.45, 2.75) is 51.2 Å². The number of amides is 2. The summed E-state index contributed by atoms with van der Waals surface area (Å²) >= 11 is 0. The van der Waals surface area contributed by atoms with Crippen molar-refractivity contribution >= 4 is 17.5 Å². The third kappa shape index (κ3) is 3.24. The van der Waals surface area contributed by atoms with E-state index in [1.54, 1.807) is 4.90 Å². The summed E-state index contributed by atoms with van der Waals surface area (Å²) in [5.74, 6) is -0.0279. The topological polar surface area (TPSA) is 69.6 Å². The zero-order chi connectivity index (χ0) is 16.4. The van der Waals surface area contributed by atoms with Crippen LogP contribution in [0.3, 0.4) is 0 Å². The van der Waals surface area contributed by atoms with Crippen LogP contribution in [0.25, 0.3) is 0 Å². The van der Waals surface area contributed by atoms with E-state index < -0.39 is 12.1 Å². The van der Waals surface area contributed by atoms with Crippen molar-refractivity contribution in [1.29, 1.82) is 0 Å². The maximum absolute atomic E-state index is 12.5. The van der Waals surface area contributed by atoms with Crippen molar-refractivity contribution in [2.24, 2.45) is 5.92 Å². The number of anilines is 1. The number of nitrogens with zero attached hydrogens (tertiary/aromatic N) is 1. The Hall–Kier alpha value is -1.88. The van der Waals surface area contributed by atoms with E-state index in [1.807, 2.05) is 24.3 Å². The lowest BCUT2D eigenvalue weighted by Crippen LogP contribution is -2.49. The summed E-state index contributed by atoms with van der Waals surface area (Å²) in [5, 5.41) is 13.0. The van der Waals surface area contributed by atoms with Gasteiger partial charge in [0.1, 0.15) is 6.04 Å². The number of hydrogen-bond acceptors (Lipinski definition) is 3. The number of benzene rings is 1. The minimum Gasteiger partial charge on any atom is -0.391 e. The lowest BCUT2D eigenvalue weighted by Gasteiger charge is -2.25. The molecule has 5 nitrogen and oxygen atoms in total. The predicted molar refractivity (Wildman–Crippen MR) is 88.1 cm³/mol. The molecular weight excluding hydrogens is 292 g/mol. The molecule has 1 aliphatic carbocycles. The first-order valence-corrected chi connectivity index (χ1v) is 8.41. The van der Waals surface area contributed by atoms with Gasteiger partial charge in [-0.3, -0.25) is 14.5 Å². The second-order valence-corrected chi connectivity index (χ2v) is 6.59. The smallest absolute Gasteiger partial charge is 0.243 e. The predicted octanol–water partition coefficient (Wildman–Crippen LogP) is 1.63. The average molecular weight is 316 g/mol. The molecule has 2 aliphatic rings. The Morgan fingerprint density at radius 1 is 1.30 bits per heavy atom. The summed E-state index contributed by atoms with van der Waals surface area (Å²) in [5.41, 5.74) is 1.83. The van der Waals surface area contributed by atoms with E-state index in [4.69, 9.17) is 0 Å². The number of para-hydroxylation sites is 1. The van der Waals surface area contributed by atoms with Crippen LogP contribution in [0.2, 0.25) is 0 Å². The van der Waals surface area contributed by atoms with Crippen LogP contribution < -0.4 is 10.2 Å². The van der Waals surface area contributed by atoms with Crippen LogP contribution in [0.15, 0.2) is 24.3 Å². The fourth-order valence-corrected chi connectivity index (χ4v) is 3.82. The molecule has 1 aromatic rings. The van der Waals surface area contributed by atoms with Gasteiger partial charge in [0, 0.05) is 25.6 Å². The minimum absolute atomic E-state index is 0.133. The summed E-state index contributed by atoms with van der Waals surface area (Å²) in [7, 11) is 0. The quantitative estimate of drug-likeness (QED) is 0.887. The largest absolute Gasteiger partial charge is 0.391 e. The van der Waals surface area contributed by atoms with Crippen molar-refractivity contribution in [1.82, 2.24) is 5.32 Å². The number of aliphatic hydroxyl groups is 1. The zero-order valence-corrected chi connectivity index (χ0v) is 13.5. The third-order valence-electron chi connectivity index (χ3n) is 5.05. The van der Waals surface area contributed by atoms with Crippen molar-refractivity contribution in [2.75, 3.05) is 11.4 Å². The van der Waals surface area contributed by atoms with Crippen LogP contribution >= 0.6 is 0 Å². The van der Waals surface area contributed by atoms with Crippen molar-refractivity contribution in [3.8, 4) is 0 Å². The molecule has 1 saturated carbocycles. The van der Waals surface area contributed by atoms with Crippen molar-refractivity contribution in [3.05, 3.63) is 29.8 Å². The molecule has 124 valence electrons. The highest BCUT2D eigenvalue weighted by Crippen LogP contribution is 2.32. The minimum atomic E-state index is -0.513. The molecule has 0 saturated heterocycles. The molecule has 1 aliphatic heterocycles. The maximum atomic E-state index is 12.5. The first-order chi connectivity index (χ1) is 11.1. The van der Waals surface area contributed by atoms with Gasteiger partial charge in [0.25, 0.3) is 0 Å². The average Bonchev–Trinajstić information content (AvgIpc) is 3.19. The number of carbonyl (C=O) groups excluding carboxylic acids is 2. The molecule has 0 spiro atoms. The number of carbonyl (C=O) groups is 2. The van der Waals surface area contributed by atoms with Crippen LogP contribution in [0.5, 0.6) is 0 Å². The fraction of sp³-hybridized carbons (Fsp3) is 0.556. The van der Waals surface area contributed by atoms with Crippen LogP contribution in [-0.2, 0) is 16.0 Å². The molecule has 0 radical (unpaired) electrons. The van der Waals surface area contributed by atoms with E-state index in [0.717, 1.165) is 36.9 Å². The SMILES string of the molecule is CC(=O)N1c2ccccc2C[C@H]1C(=O)NCC(O)C1CCCC1. The highest BCUT2D eigenvalue weighted by Gasteiger charge is 2.37. The Kier molecular flexibility index (Phi) is 4.66. The van der Waals surface area contributed by atoms with Crippen LogP contribution in [0.4, 0.5) is 5.69 Å². The maximum Gasteiger partial charge on any atom is 0.243 e.